The zero-order valence-corrected chi connectivity index (χ0v) is 7.10. The molecule has 0 saturated carbocycles. The van der Waals surface area contributed by atoms with E-state index in [0.717, 1.165) is 6.42 Å². The normalized spacial score (nSPS) is 24.2. The summed E-state index contributed by atoms with van der Waals surface area (Å²) in [5.74, 6) is -3.09. The van der Waals surface area contributed by atoms with Crippen LogP contribution in [0.2, 0.25) is 0 Å². The number of carboxylic acid groups (broad SMARTS) is 2. The summed E-state index contributed by atoms with van der Waals surface area (Å²) in [5.41, 5.74) is 0. The summed E-state index contributed by atoms with van der Waals surface area (Å²) in [7, 11) is 0. The standard InChI is InChI=1S/C8H12O5/c9-7(10)4-5(8(11)12)6-2-1-3-13-6/h5-6H,1-4H2,(H,9,10)(H,11,12)/t5-,6+/m1/s1. The van der Waals surface area contributed by atoms with Crippen molar-refractivity contribution < 1.29 is 24.5 Å². The lowest BCUT2D eigenvalue weighted by Crippen LogP contribution is -2.29. The van der Waals surface area contributed by atoms with E-state index >= 15 is 0 Å². The van der Waals surface area contributed by atoms with Gasteiger partial charge in [0.2, 0.25) is 0 Å². The SMILES string of the molecule is O=C(O)C[C@@H](C(=O)O)[C@@H]1CCCO1. The zero-order chi connectivity index (χ0) is 9.84. The summed E-state index contributed by atoms with van der Waals surface area (Å²) < 4.78 is 5.13. The monoisotopic (exact) mass is 188 g/mol. The van der Waals surface area contributed by atoms with Gasteiger partial charge in [0.1, 0.15) is 0 Å². The fourth-order valence-electron chi connectivity index (χ4n) is 1.49. The highest BCUT2D eigenvalue weighted by Gasteiger charge is 2.33. The van der Waals surface area contributed by atoms with Crippen LogP contribution < -0.4 is 0 Å². The van der Waals surface area contributed by atoms with Crippen LogP contribution in [-0.2, 0) is 14.3 Å². The molecule has 1 fully saturated rings. The van der Waals surface area contributed by atoms with Crippen molar-refractivity contribution in [2.24, 2.45) is 5.92 Å². The molecule has 0 aromatic rings. The maximum atomic E-state index is 10.7. The second-order valence-electron chi connectivity index (χ2n) is 3.09. The minimum absolute atomic E-state index is 0.361. The van der Waals surface area contributed by atoms with Gasteiger partial charge in [-0.1, -0.05) is 0 Å². The first-order valence-corrected chi connectivity index (χ1v) is 4.17. The van der Waals surface area contributed by atoms with Gasteiger partial charge in [-0.15, -0.1) is 0 Å². The van der Waals surface area contributed by atoms with Crippen LogP contribution in [0.4, 0.5) is 0 Å². The Hall–Kier alpha value is -1.10. The first kappa shape index (κ1) is 9.98. The molecule has 2 N–H and O–H groups in total. The van der Waals surface area contributed by atoms with Crippen molar-refractivity contribution in [3.63, 3.8) is 0 Å². The lowest BCUT2D eigenvalue weighted by Gasteiger charge is -2.16. The van der Waals surface area contributed by atoms with Crippen molar-refractivity contribution in [1.82, 2.24) is 0 Å². The molecule has 0 aliphatic carbocycles. The third-order valence-electron chi connectivity index (χ3n) is 2.13. The van der Waals surface area contributed by atoms with Crippen molar-refractivity contribution in [2.75, 3.05) is 6.61 Å². The molecule has 5 nitrogen and oxygen atoms in total. The van der Waals surface area contributed by atoms with Crippen LogP contribution in [0.3, 0.4) is 0 Å². The Labute approximate surface area is 75.3 Å². The average Bonchev–Trinajstić information content (AvgIpc) is 2.50. The molecule has 0 aromatic carbocycles. The predicted octanol–water partition coefficient (Wildman–Crippen LogP) is 0.341. The van der Waals surface area contributed by atoms with E-state index in [2.05, 4.69) is 0 Å². The summed E-state index contributed by atoms with van der Waals surface area (Å²) in [5, 5.41) is 17.2. The van der Waals surface area contributed by atoms with E-state index in [9.17, 15) is 9.59 Å². The predicted molar refractivity (Wildman–Crippen MR) is 42.4 cm³/mol. The Morgan fingerprint density at radius 2 is 2.15 bits per heavy atom. The van der Waals surface area contributed by atoms with Crippen LogP contribution in [0.5, 0.6) is 0 Å². The van der Waals surface area contributed by atoms with Gasteiger partial charge in [0.25, 0.3) is 0 Å². The second kappa shape index (κ2) is 4.23. The van der Waals surface area contributed by atoms with E-state index in [4.69, 9.17) is 14.9 Å². The molecule has 1 rings (SSSR count). The van der Waals surface area contributed by atoms with E-state index in [1.165, 1.54) is 0 Å². The summed E-state index contributed by atoms with van der Waals surface area (Å²) in [6.07, 6.45) is 0.673. The van der Waals surface area contributed by atoms with Gasteiger partial charge in [-0.05, 0) is 12.8 Å². The Bertz CT molecular complexity index is 207. The number of carbonyl (C=O) groups is 2. The zero-order valence-electron chi connectivity index (χ0n) is 7.10. The molecule has 5 heteroatoms. The molecular formula is C8H12O5. The quantitative estimate of drug-likeness (QED) is 0.664. The number of rotatable bonds is 4. The van der Waals surface area contributed by atoms with Crippen molar-refractivity contribution in [2.45, 2.75) is 25.4 Å². The molecule has 0 radical (unpaired) electrons. The van der Waals surface area contributed by atoms with Gasteiger partial charge in [0.15, 0.2) is 0 Å². The third-order valence-corrected chi connectivity index (χ3v) is 2.13. The Morgan fingerprint density at radius 1 is 1.46 bits per heavy atom. The molecular weight excluding hydrogens is 176 g/mol. The van der Waals surface area contributed by atoms with Crippen molar-refractivity contribution in [3.8, 4) is 0 Å². The smallest absolute Gasteiger partial charge is 0.309 e. The van der Waals surface area contributed by atoms with Gasteiger partial charge < -0.3 is 14.9 Å². The number of carboxylic acids is 2. The van der Waals surface area contributed by atoms with E-state index < -0.39 is 24.0 Å². The van der Waals surface area contributed by atoms with E-state index in [1.54, 1.807) is 0 Å². The topological polar surface area (TPSA) is 83.8 Å². The number of hydrogen-bond acceptors (Lipinski definition) is 3. The van der Waals surface area contributed by atoms with Gasteiger partial charge in [0, 0.05) is 6.61 Å². The van der Waals surface area contributed by atoms with Crippen LogP contribution >= 0.6 is 0 Å². The summed E-state index contributed by atoms with van der Waals surface area (Å²) in [6.45, 7) is 0.536. The molecule has 13 heavy (non-hydrogen) atoms. The fraction of sp³-hybridized carbons (Fsp3) is 0.750. The van der Waals surface area contributed by atoms with Gasteiger partial charge in [-0.2, -0.15) is 0 Å². The molecule has 0 amide bonds. The van der Waals surface area contributed by atoms with Gasteiger partial charge >= 0.3 is 11.9 Å². The first-order valence-electron chi connectivity index (χ1n) is 4.17. The van der Waals surface area contributed by atoms with Crippen molar-refractivity contribution >= 4 is 11.9 Å². The minimum Gasteiger partial charge on any atom is -0.481 e. The van der Waals surface area contributed by atoms with Crippen LogP contribution in [-0.4, -0.2) is 34.9 Å². The minimum atomic E-state index is -1.09. The molecule has 1 aliphatic heterocycles. The van der Waals surface area contributed by atoms with Gasteiger partial charge in [-0.3, -0.25) is 9.59 Å². The first-order chi connectivity index (χ1) is 6.11. The number of ether oxygens (including phenoxy) is 1. The Morgan fingerprint density at radius 3 is 2.54 bits per heavy atom. The van der Waals surface area contributed by atoms with E-state index in [1.807, 2.05) is 0 Å². The van der Waals surface area contributed by atoms with Gasteiger partial charge in [-0.25, -0.2) is 0 Å². The van der Waals surface area contributed by atoms with Crippen LogP contribution in [0.25, 0.3) is 0 Å². The maximum Gasteiger partial charge on any atom is 0.309 e. The molecule has 1 aliphatic rings. The average molecular weight is 188 g/mol. The second-order valence-corrected chi connectivity index (χ2v) is 3.09. The van der Waals surface area contributed by atoms with Gasteiger partial charge in [0.05, 0.1) is 18.4 Å². The lowest BCUT2D eigenvalue weighted by atomic mass is 9.97. The largest absolute Gasteiger partial charge is 0.481 e. The Balaban J connectivity index is 2.55. The molecule has 0 bridgehead atoms. The molecule has 0 aromatic heterocycles. The number of aliphatic carboxylic acids is 2. The summed E-state index contributed by atoms with van der Waals surface area (Å²) in [4.78, 5) is 21.0. The third kappa shape index (κ3) is 2.69. The molecule has 0 unspecified atom stereocenters. The molecule has 1 heterocycles. The summed E-state index contributed by atoms with van der Waals surface area (Å²) >= 11 is 0. The van der Waals surface area contributed by atoms with E-state index in [0.29, 0.717) is 13.0 Å². The molecule has 0 spiro atoms. The molecule has 1 saturated heterocycles. The van der Waals surface area contributed by atoms with Crippen molar-refractivity contribution in [1.29, 1.82) is 0 Å². The molecule has 74 valence electrons. The number of hydrogen-bond donors (Lipinski definition) is 2. The van der Waals surface area contributed by atoms with Crippen LogP contribution in [0.15, 0.2) is 0 Å². The molecule has 2 atom stereocenters. The summed E-state index contributed by atoms with van der Waals surface area (Å²) in [6, 6.07) is 0. The Kier molecular flexibility index (Phi) is 3.25. The highest BCUT2D eigenvalue weighted by molar-refractivity contribution is 5.78. The van der Waals surface area contributed by atoms with Crippen molar-refractivity contribution in [3.05, 3.63) is 0 Å². The fourth-order valence-corrected chi connectivity index (χ4v) is 1.49. The highest BCUT2D eigenvalue weighted by Crippen LogP contribution is 2.23. The highest BCUT2D eigenvalue weighted by atomic mass is 16.5. The lowest BCUT2D eigenvalue weighted by molar-refractivity contribution is -0.152. The van der Waals surface area contributed by atoms with Crippen LogP contribution in [0, 0.1) is 5.92 Å². The maximum absolute atomic E-state index is 10.7. The van der Waals surface area contributed by atoms with E-state index in [-0.39, 0.29) is 6.42 Å². The van der Waals surface area contributed by atoms with Crippen LogP contribution in [0.1, 0.15) is 19.3 Å².